The average molecular weight is 563 g/mol. The molecule has 2 atom stereocenters. The van der Waals surface area contributed by atoms with E-state index in [1.54, 1.807) is 43.4 Å². The molecule has 2 unspecified atom stereocenters. The lowest BCUT2D eigenvalue weighted by atomic mass is 10.0. The molecule has 1 aromatic heterocycles. The van der Waals surface area contributed by atoms with E-state index in [4.69, 9.17) is 16.3 Å². The van der Waals surface area contributed by atoms with Crippen LogP contribution >= 0.6 is 22.9 Å². The first kappa shape index (κ1) is 27.8. The van der Waals surface area contributed by atoms with Crippen LogP contribution in [0.1, 0.15) is 31.9 Å². The summed E-state index contributed by atoms with van der Waals surface area (Å²) in [7, 11) is -0.398. The van der Waals surface area contributed by atoms with E-state index in [0.29, 0.717) is 24.4 Å². The Balaban J connectivity index is 1.74. The van der Waals surface area contributed by atoms with Gasteiger partial charge in [0, 0.05) is 36.8 Å². The number of nitrogens with one attached hydrogen (secondary N) is 1. The average Bonchev–Trinajstić information content (AvgIpc) is 3.24. The number of carbonyl (C=O) groups is 1. The number of fused-ring (bicyclic) bond motifs is 1. The summed E-state index contributed by atoms with van der Waals surface area (Å²) in [5.41, 5.74) is 2.25. The van der Waals surface area contributed by atoms with Gasteiger partial charge in [-0.15, -0.1) is 20.9 Å². The van der Waals surface area contributed by atoms with Crippen LogP contribution in [0.2, 0.25) is 5.02 Å². The fraction of sp³-hybridized carbons (Fsp3) is 0.370. The molecule has 0 spiro atoms. The van der Waals surface area contributed by atoms with Gasteiger partial charge >= 0.3 is 6.09 Å². The first-order chi connectivity index (χ1) is 17.3. The monoisotopic (exact) mass is 562 g/mol. The zero-order valence-corrected chi connectivity index (χ0v) is 24.1. The third kappa shape index (κ3) is 5.92. The summed E-state index contributed by atoms with van der Waals surface area (Å²) in [5, 5.41) is 2.36. The van der Waals surface area contributed by atoms with E-state index in [1.165, 1.54) is 11.3 Å². The Morgan fingerprint density at radius 2 is 1.70 bits per heavy atom. The molecule has 4 rings (SSSR count). The quantitative estimate of drug-likeness (QED) is 0.404. The molecule has 7 nitrogen and oxygen atoms in total. The van der Waals surface area contributed by atoms with Gasteiger partial charge in [-0.25, -0.2) is 8.42 Å². The number of halogens is 1. The summed E-state index contributed by atoms with van der Waals surface area (Å²) >= 11 is 7.18. The van der Waals surface area contributed by atoms with Gasteiger partial charge in [0.25, 0.3) is 10.0 Å². The fourth-order valence-electron chi connectivity index (χ4n) is 4.61. The number of rotatable bonds is 5. The van der Waals surface area contributed by atoms with Crippen molar-refractivity contribution in [1.29, 1.82) is 0 Å². The van der Waals surface area contributed by atoms with Gasteiger partial charge in [0.1, 0.15) is 16.4 Å². The van der Waals surface area contributed by atoms with Crippen molar-refractivity contribution in [1.82, 2.24) is 9.73 Å². The number of ether oxygens (including phenoxy) is 1. The summed E-state index contributed by atoms with van der Waals surface area (Å²) in [6.07, 6.45) is -0.362. The molecule has 1 amide bonds. The molecule has 0 fully saturated rings. The minimum absolute atomic E-state index is 0.177. The Morgan fingerprint density at radius 3 is 2.32 bits per heavy atom. The maximum absolute atomic E-state index is 13.8. The molecule has 2 heterocycles. The molecule has 2 aromatic carbocycles. The zero-order chi connectivity index (χ0) is 27.0. The minimum atomic E-state index is -3.96. The van der Waals surface area contributed by atoms with E-state index in [2.05, 4.69) is 4.72 Å². The third-order valence-corrected chi connectivity index (χ3v) is 9.80. The molecule has 0 saturated carbocycles. The number of hydrogen-bond donors (Lipinski definition) is 1. The molecule has 0 radical (unpaired) electrons. The lowest BCUT2D eigenvalue weighted by Crippen LogP contribution is -2.71. The molecule has 198 valence electrons. The van der Waals surface area contributed by atoms with Crippen LogP contribution in [0.4, 0.5) is 4.79 Å². The van der Waals surface area contributed by atoms with Crippen molar-refractivity contribution in [3.05, 3.63) is 76.8 Å². The van der Waals surface area contributed by atoms with Crippen LogP contribution in [-0.2, 0) is 27.6 Å². The normalized spacial score (nSPS) is 20.4. The number of thiophene rings is 1. The van der Waals surface area contributed by atoms with Gasteiger partial charge in [-0.3, -0.25) is 0 Å². The van der Waals surface area contributed by atoms with Crippen molar-refractivity contribution in [3.63, 3.8) is 0 Å². The first-order valence-electron chi connectivity index (χ1n) is 12.1. The number of benzene rings is 2. The Hall–Kier alpha value is -2.27. The Bertz CT molecular complexity index is 1380. The second-order valence-electron chi connectivity index (χ2n) is 10.4. The second-order valence-corrected chi connectivity index (χ2v) is 13.8. The summed E-state index contributed by atoms with van der Waals surface area (Å²) in [4.78, 5) is 14.6. The van der Waals surface area contributed by atoms with Crippen LogP contribution in [0.3, 0.4) is 0 Å². The Morgan fingerprint density at radius 1 is 1.05 bits per heavy atom. The Labute approximate surface area is 228 Å². The van der Waals surface area contributed by atoms with E-state index in [-0.39, 0.29) is 8.80 Å². The van der Waals surface area contributed by atoms with Crippen LogP contribution in [0.25, 0.3) is 10.4 Å². The lowest BCUT2D eigenvalue weighted by molar-refractivity contribution is -0.988. The van der Waals surface area contributed by atoms with Crippen molar-refractivity contribution in [2.75, 3.05) is 20.6 Å². The van der Waals surface area contributed by atoms with Crippen LogP contribution in [0.5, 0.6) is 0 Å². The SMILES string of the molecule is CN(C)[N+]1(C(=O)OC(C)(C)C)CCc2ccccc2CC1NS(=O)(=O)c1ccc(-c2ccc(Cl)cc2)s1. The van der Waals surface area contributed by atoms with Crippen LogP contribution in [-0.4, -0.2) is 56.5 Å². The highest BCUT2D eigenvalue weighted by atomic mass is 35.5. The molecule has 3 aromatic rings. The number of hydrogen-bond acceptors (Lipinski definition) is 6. The molecule has 0 bridgehead atoms. The molecule has 0 saturated heterocycles. The van der Waals surface area contributed by atoms with Gasteiger partial charge < -0.3 is 4.74 Å². The number of quaternary nitrogens is 1. The highest BCUT2D eigenvalue weighted by molar-refractivity contribution is 7.91. The van der Waals surface area contributed by atoms with Gasteiger partial charge in [0.2, 0.25) is 0 Å². The Kier molecular flexibility index (Phi) is 7.86. The number of carbonyl (C=O) groups excluding carboxylic acids is 1. The second kappa shape index (κ2) is 10.5. The predicted molar refractivity (Wildman–Crippen MR) is 148 cm³/mol. The molecule has 37 heavy (non-hydrogen) atoms. The molecule has 1 N–H and O–H groups in total. The molecule has 1 aliphatic rings. The lowest BCUT2D eigenvalue weighted by Gasteiger charge is -2.43. The van der Waals surface area contributed by atoms with Crippen molar-refractivity contribution in [2.45, 2.75) is 49.6 Å². The minimum Gasteiger partial charge on any atom is -0.413 e. The highest BCUT2D eigenvalue weighted by Gasteiger charge is 2.53. The van der Waals surface area contributed by atoms with Gasteiger partial charge in [-0.2, -0.15) is 9.52 Å². The van der Waals surface area contributed by atoms with Gasteiger partial charge in [-0.05, 0) is 61.7 Å². The summed E-state index contributed by atoms with van der Waals surface area (Å²) in [6, 6.07) is 18.6. The maximum atomic E-state index is 13.8. The molecular formula is C27H33ClN3O4S2+. The standard InChI is InChI=1S/C27H33ClN3O4S2/c1-27(2,3)35-26(32)31(30(4)5)17-16-19-8-6-7-9-21(19)18-24(31)29-37(33,34)25-15-14-23(36-25)20-10-12-22(28)13-11-20/h6-15,24,29H,16-18H2,1-5H3/q+1. The van der Waals surface area contributed by atoms with Crippen LogP contribution < -0.4 is 4.72 Å². The first-order valence-corrected chi connectivity index (χ1v) is 14.7. The van der Waals surface area contributed by atoms with Crippen molar-refractivity contribution >= 4 is 39.1 Å². The summed E-state index contributed by atoms with van der Waals surface area (Å²) in [6.45, 7) is 5.79. The summed E-state index contributed by atoms with van der Waals surface area (Å²) in [5.74, 6) is 0. The molecular weight excluding hydrogens is 530 g/mol. The van der Waals surface area contributed by atoms with E-state index in [0.717, 1.165) is 21.6 Å². The van der Waals surface area contributed by atoms with Crippen molar-refractivity contribution in [2.24, 2.45) is 0 Å². The zero-order valence-electron chi connectivity index (χ0n) is 21.7. The number of sulfonamides is 1. The maximum Gasteiger partial charge on any atom is 0.538 e. The van der Waals surface area contributed by atoms with Crippen molar-refractivity contribution in [3.8, 4) is 10.4 Å². The topological polar surface area (TPSA) is 75.7 Å². The highest BCUT2D eigenvalue weighted by Crippen LogP contribution is 2.34. The van der Waals surface area contributed by atoms with Crippen molar-refractivity contribution < 1.29 is 22.5 Å². The van der Waals surface area contributed by atoms with E-state index >= 15 is 0 Å². The van der Waals surface area contributed by atoms with Crippen LogP contribution in [0.15, 0.2) is 64.9 Å². The number of amides is 1. The van der Waals surface area contributed by atoms with E-state index in [9.17, 15) is 13.2 Å². The largest absolute Gasteiger partial charge is 0.538 e. The smallest absolute Gasteiger partial charge is 0.413 e. The predicted octanol–water partition coefficient (Wildman–Crippen LogP) is 5.70. The molecule has 1 aliphatic heterocycles. The van der Waals surface area contributed by atoms with Crippen LogP contribution in [0, 0.1) is 0 Å². The molecule has 0 aliphatic carbocycles. The van der Waals surface area contributed by atoms with Gasteiger partial charge in [-0.1, -0.05) is 48.0 Å². The summed E-state index contributed by atoms with van der Waals surface area (Å²) < 4.78 is 36.1. The molecule has 10 heteroatoms. The third-order valence-electron chi connectivity index (χ3n) is 6.46. The van der Waals surface area contributed by atoms with Gasteiger partial charge in [0.15, 0.2) is 6.17 Å². The van der Waals surface area contributed by atoms with E-state index < -0.39 is 27.9 Å². The number of nitrogens with zero attached hydrogens (tertiary/aromatic N) is 2. The van der Waals surface area contributed by atoms with E-state index in [1.807, 2.05) is 57.2 Å². The van der Waals surface area contributed by atoms with Gasteiger partial charge in [0.05, 0.1) is 0 Å². The fourth-order valence-corrected chi connectivity index (χ4v) is 7.31.